The lowest BCUT2D eigenvalue weighted by Crippen LogP contribution is -2.67. The van der Waals surface area contributed by atoms with Crippen LogP contribution in [0.5, 0.6) is 0 Å². The SMILES string of the molecule is CCCC[N+](CCCC)(CCCC)CCCC.O=C(Cc1ccccc1)N[C@@H]1C(=O)N(S(=O)(=O)[O-])[C@H]1c1ccccc1. The number of β-lactam (4-membered cyclic amide) rings is 1. The van der Waals surface area contributed by atoms with Gasteiger partial charge >= 0.3 is 0 Å². The number of hydrogen-bond acceptors (Lipinski definition) is 5. The molecule has 0 aromatic heterocycles. The fourth-order valence-electron chi connectivity index (χ4n) is 5.48. The van der Waals surface area contributed by atoms with Crippen LogP contribution in [0, 0.1) is 0 Å². The molecule has 1 heterocycles. The van der Waals surface area contributed by atoms with Crippen LogP contribution < -0.4 is 5.32 Å². The highest BCUT2D eigenvalue weighted by Crippen LogP contribution is 2.36. The highest BCUT2D eigenvalue weighted by molar-refractivity contribution is 7.84. The highest BCUT2D eigenvalue weighted by Gasteiger charge is 2.52. The molecule has 2 atom stereocenters. The topological polar surface area (TPSA) is 107 Å². The first-order chi connectivity index (χ1) is 20.1. The zero-order chi connectivity index (χ0) is 31.0. The van der Waals surface area contributed by atoms with Gasteiger partial charge in [0.25, 0.3) is 5.91 Å². The van der Waals surface area contributed by atoms with Crippen LogP contribution in [0.3, 0.4) is 0 Å². The minimum atomic E-state index is -4.96. The number of carbonyl (C=O) groups excluding carboxylic acids is 2. The van der Waals surface area contributed by atoms with Crippen LogP contribution in [0.1, 0.15) is 96.2 Å². The van der Waals surface area contributed by atoms with Crippen molar-refractivity contribution in [3.63, 3.8) is 0 Å². The average molecular weight is 602 g/mol. The van der Waals surface area contributed by atoms with Crippen LogP contribution in [-0.2, 0) is 26.3 Å². The molecule has 2 aromatic rings. The van der Waals surface area contributed by atoms with Crippen molar-refractivity contribution in [1.82, 2.24) is 9.62 Å². The van der Waals surface area contributed by atoms with Gasteiger partial charge in [0.2, 0.25) is 5.91 Å². The first kappa shape index (κ1) is 35.4. The number of nitrogens with one attached hydrogen (secondary N) is 1. The number of benzene rings is 2. The van der Waals surface area contributed by atoms with Gasteiger partial charge in [-0.25, -0.2) is 12.7 Å². The van der Waals surface area contributed by atoms with Gasteiger partial charge in [0.05, 0.1) is 32.6 Å². The van der Waals surface area contributed by atoms with E-state index in [0.717, 1.165) is 5.56 Å². The minimum Gasteiger partial charge on any atom is -0.731 e. The molecule has 0 saturated carbocycles. The molecule has 1 N–H and O–H groups in total. The van der Waals surface area contributed by atoms with Crippen molar-refractivity contribution in [2.24, 2.45) is 0 Å². The normalized spacial score (nSPS) is 16.8. The molecule has 3 rings (SSSR count). The Morgan fingerprint density at radius 3 is 1.62 bits per heavy atom. The Morgan fingerprint density at radius 2 is 1.21 bits per heavy atom. The standard InChI is InChI=1S/C17H16N2O5S.C16H36N/c20-14(11-12-7-3-1-4-8-12)18-15-16(13-9-5-2-6-10-13)19(17(15)21)25(22,23)24;1-5-9-13-17(14-10-6-2,15-11-7-3)16-12-8-4/h1-10,15-16H,11H2,(H,18,20)(H,22,23,24);5-16H2,1-4H3/q;+1/p-1/t15-,16-;/m0./s1. The van der Waals surface area contributed by atoms with E-state index in [4.69, 9.17) is 0 Å². The summed E-state index contributed by atoms with van der Waals surface area (Å²) in [5.74, 6) is -1.35. The van der Waals surface area contributed by atoms with Gasteiger partial charge in [-0.1, -0.05) is 114 Å². The molecule has 42 heavy (non-hydrogen) atoms. The molecule has 9 heteroatoms. The second-order valence-corrected chi connectivity index (χ2v) is 12.6. The molecule has 2 amide bonds. The van der Waals surface area contributed by atoms with E-state index in [1.54, 1.807) is 54.6 Å². The second kappa shape index (κ2) is 18.0. The van der Waals surface area contributed by atoms with E-state index >= 15 is 0 Å². The Hall–Kier alpha value is -2.75. The van der Waals surface area contributed by atoms with Crippen LogP contribution in [0.2, 0.25) is 0 Å². The van der Waals surface area contributed by atoms with Crippen molar-refractivity contribution in [2.75, 3.05) is 26.2 Å². The molecule has 1 aliphatic rings. The van der Waals surface area contributed by atoms with Gasteiger partial charge < -0.3 is 14.4 Å². The van der Waals surface area contributed by atoms with Crippen molar-refractivity contribution in [3.05, 3.63) is 71.8 Å². The molecule has 0 aliphatic carbocycles. The molecular weight excluding hydrogens is 550 g/mol. The molecule has 1 saturated heterocycles. The number of rotatable bonds is 17. The molecule has 0 spiro atoms. The lowest BCUT2D eigenvalue weighted by Gasteiger charge is -2.47. The third-order valence-electron chi connectivity index (χ3n) is 7.90. The van der Waals surface area contributed by atoms with E-state index < -0.39 is 34.2 Å². The fraction of sp³-hybridized carbons (Fsp3) is 0.576. The molecule has 0 radical (unpaired) electrons. The minimum absolute atomic E-state index is 0.0518. The second-order valence-electron chi connectivity index (χ2n) is 11.3. The van der Waals surface area contributed by atoms with Crippen LogP contribution in [0.15, 0.2) is 60.7 Å². The van der Waals surface area contributed by atoms with Gasteiger partial charge in [0.1, 0.15) is 12.1 Å². The summed E-state index contributed by atoms with van der Waals surface area (Å²) in [5, 5.41) is 2.53. The lowest BCUT2D eigenvalue weighted by molar-refractivity contribution is -0.929. The van der Waals surface area contributed by atoms with Crippen molar-refractivity contribution < 1.29 is 27.0 Å². The van der Waals surface area contributed by atoms with Crippen LogP contribution in [0.4, 0.5) is 0 Å². The number of carbonyl (C=O) groups is 2. The summed E-state index contributed by atoms with van der Waals surface area (Å²) in [6.45, 7) is 15.0. The van der Waals surface area contributed by atoms with E-state index in [9.17, 15) is 22.6 Å². The number of hydrogen-bond donors (Lipinski definition) is 1. The zero-order valence-corrected chi connectivity index (χ0v) is 26.8. The average Bonchev–Trinajstić information content (AvgIpc) is 2.98. The lowest BCUT2D eigenvalue weighted by atomic mass is 9.91. The van der Waals surface area contributed by atoms with Gasteiger partial charge in [0, 0.05) is 0 Å². The Morgan fingerprint density at radius 1 is 0.786 bits per heavy atom. The van der Waals surface area contributed by atoms with Crippen molar-refractivity contribution in [1.29, 1.82) is 0 Å². The Kier molecular flexibility index (Phi) is 15.2. The summed E-state index contributed by atoms with van der Waals surface area (Å²) in [6.07, 6.45) is 11.1. The first-order valence-corrected chi connectivity index (χ1v) is 17.0. The predicted octanol–water partition coefficient (Wildman–Crippen LogP) is 5.76. The molecular formula is C33H51N3O5S. The summed E-state index contributed by atoms with van der Waals surface area (Å²) in [7, 11) is -4.96. The smallest absolute Gasteiger partial charge is 0.261 e. The summed E-state index contributed by atoms with van der Waals surface area (Å²) in [6, 6.07) is 15.1. The van der Waals surface area contributed by atoms with E-state index in [0.29, 0.717) is 5.56 Å². The molecule has 1 fully saturated rings. The first-order valence-electron chi connectivity index (χ1n) is 15.6. The Balaban J connectivity index is 0.000000319. The predicted molar refractivity (Wildman–Crippen MR) is 167 cm³/mol. The summed E-state index contributed by atoms with van der Waals surface area (Å²) >= 11 is 0. The summed E-state index contributed by atoms with van der Waals surface area (Å²) in [4.78, 5) is 24.3. The van der Waals surface area contributed by atoms with Gasteiger partial charge in [-0.2, -0.15) is 0 Å². The van der Waals surface area contributed by atoms with E-state index in [1.807, 2.05) is 6.07 Å². The number of amides is 2. The highest BCUT2D eigenvalue weighted by atomic mass is 32.2. The maximum absolute atomic E-state index is 12.2. The van der Waals surface area contributed by atoms with Crippen molar-refractivity contribution in [3.8, 4) is 0 Å². The van der Waals surface area contributed by atoms with Gasteiger partial charge in [0.15, 0.2) is 10.3 Å². The monoisotopic (exact) mass is 601 g/mol. The van der Waals surface area contributed by atoms with E-state index in [2.05, 4.69) is 33.0 Å². The van der Waals surface area contributed by atoms with Crippen LogP contribution in [0.25, 0.3) is 0 Å². The number of unbranched alkanes of at least 4 members (excludes halogenated alkanes) is 4. The maximum atomic E-state index is 12.2. The zero-order valence-electron chi connectivity index (χ0n) is 26.0. The molecule has 0 unspecified atom stereocenters. The fourth-order valence-corrected chi connectivity index (χ4v) is 6.34. The molecule has 8 nitrogen and oxygen atoms in total. The van der Waals surface area contributed by atoms with Crippen molar-refractivity contribution in [2.45, 2.75) is 97.6 Å². The maximum Gasteiger partial charge on any atom is 0.261 e. The van der Waals surface area contributed by atoms with Crippen LogP contribution in [-0.4, -0.2) is 65.8 Å². The summed E-state index contributed by atoms with van der Waals surface area (Å²) < 4.78 is 35.8. The summed E-state index contributed by atoms with van der Waals surface area (Å²) in [5.41, 5.74) is 1.22. The number of nitrogens with zero attached hydrogens (tertiary/aromatic N) is 2. The number of quaternary nitrogens is 1. The largest absolute Gasteiger partial charge is 0.731 e. The third kappa shape index (κ3) is 10.8. The van der Waals surface area contributed by atoms with E-state index in [1.165, 1.54) is 82.0 Å². The molecule has 2 aromatic carbocycles. The molecule has 1 aliphatic heterocycles. The molecule has 0 bridgehead atoms. The third-order valence-corrected chi connectivity index (χ3v) is 8.79. The van der Waals surface area contributed by atoms with Crippen molar-refractivity contribution >= 4 is 22.1 Å². The molecule has 234 valence electrons. The van der Waals surface area contributed by atoms with Crippen LogP contribution >= 0.6 is 0 Å². The Bertz CT molecular complexity index is 1140. The van der Waals surface area contributed by atoms with Gasteiger partial charge in [-0.05, 0) is 36.8 Å². The Labute approximate surface area is 254 Å². The van der Waals surface area contributed by atoms with Gasteiger partial charge in [-0.15, -0.1) is 0 Å². The quantitative estimate of drug-likeness (QED) is 0.141. The van der Waals surface area contributed by atoms with E-state index in [-0.39, 0.29) is 10.7 Å². The van der Waals surface area contributed by atoms with Gasteiger partial charge in [-0.3, -0.25) is 9.59 Å².